The predicted octanol–water partition coefficient (Wildman–Crippen LogP) is 4.12. The summed E-state index contributed by atoms with van der Waals surface area (Å²) in [7, 11) is 1.59. The predicted molar refractivity (Wildman–Crippen MR) is 106 cm³/mol. The Labute approximate surface area is 162 Å². The second-order valence-corrected chi connectivity index (χ2v) is 6.22. The minimum atomic E-state index is -0.302. The molecular weight excluding hydrogens is 364 g/mol. The molecule has 0 spiro atoms. The quantitative estimate of drug-likeness (QED) is 0.670. The summed E-state index contributed by atoms with van der Waals surface area (Å²) in [6, 6.07) is 16.4. The Balaban J connectivity index is 1.76. The Bertz CT molecular complexity index is 962. The number of carbonyl (C=O) groups excluding carboxylic acids is 1. The molecule has 3 rings (SSSR count). The SMILES string of the molecule is COc1ccccc1Nc1nc(C)cc(C(=O)NCc2ccccc2Cl)n1. The van der Waals surface area contributed by atoms with Gasteiger partial charge in [-0.25, -0.2) is 9.97 Å². The van der Waals surface area contributed by atoms with E-state index >= 15 is 0 Å². The summed E-state index contributed by atoms with van der Waals surface area (Å²) in [5.41, 5.74) is 2.50. The van der Waals surface area contributed by atoms with E-state index < -0.39 is 0 Å². The van der Waals surface area contributed by atoms with E-state index in [1.807, 2.05) is 42.5 Å². The number of nitrogens with one attached hydrogen (secondary N) is 2. The number of hydrogen-bond donors (Lipinski definition) is 2. The largest absolute Gasteiger partial charge is 0.495 e. The monoisotopic (exact) mass is 382 g/mol. The number of aryl methyl sites for hydroxylation is 1. The van der Waals surface area contributed by atoms with E-state index in [0.29, 0.717) is 34.6 Å². The van der Waals surface area contributed by atoms with Crippen molar-refractivity contribution in [3.8, 4) is 5.75 Å². The zero-order valence-corrected chi connectivity index (χ0v) is 15.7. The molecule has 0 atom stereocenters. The molecule has 6 nitrogen and oxygen atoms in total. The fourth-order valence-electron chi connectivity index (χ4n) is 2.52. The minimum Gasteiger partial charge on any atom is -0.495 e. The van der Waals surface area contributed by atoms with Crippen molar-refractivity contribution in [1.29, 1.82) is 0 Å². The molecule has 27 heavy (non-hydrogen) atoms. The van der Waals surface area contributed by atoms with Crippen LogP contribution in [0.5, 0.6) is 5.75 Å². The Morgan fingerprint density at radius 3 is 2.63 bits per heavy atom. The first-order valence-corrected chi connectivity index (χ1v) is 8.72. The maximum atomic E-state index is 12.5. The number of para-hydroxylation sites is 2. The van der Waals surface area contributed by atoms with Gasteiger partial charge < -0.3 is 15.4 Å². The third-order valence-electron chi connectivity index (χ3n) is 3.84. The lowest BCUT2D eigenvalue weighted by Gasteiger charge is -2.11. The van der Waals surface area contributed by atoms with Crippen molar-refractivity contribution in [3.63, 3.8) is 0 Å². The molecule has 0 fully saturated rings. The summed E-state index contributed by atoms with van der Waals surface area (Å²) in [6.45, 7) is 2.12. The summed E-state index contributed by atoms with van der Waals surface area (Å²) >= 11 is 6.12. The zero-order valence-electron chi connectivity index (χ0n) is 15.0. The zero-order chi connectivity index (χ0) is 19.2. The molecule has 0 aliphatic heterocycles. The van der Waals surface area contributed by atoms with Crippen LogP contribution in [-0.2, 0) is 6.54 Å². The van der Waals surface area contributed by atoms with Gasteiger partial charge in [-0.1, -0.05) is 41.9 Å². The second-order valence-electron chi connectivity index (χ2n) is 5.82. The standard InChI is InChI=1S/C20H19ClN4O2/c1-13-11-17(19(26)22-12-14-7-3-4-8-15(14)21)25-20(23-13)24-16-9-5-6-10-18(16)27-2/h3-11H,12H2,1-2H3,(H,22,26)(H,23,24,25). The van der Waals surface area contributed by atoms with Crippen molar-refractivity contribution < 1.29 is 9.53 Å². The molecule has 0 aliphatic carbocycles. The highest BCUT2D eigenvalue weighted by Gasteiger charge is 2.12. The molecule has 7 heteroatoms. The molecule has 0 bridgehead atoms. The Hall–Kier alpha value is -3.12. The van der Waals surface area contributed by atoms with Gasteiger partial charge in [-0.15, -0.1) is 0 Å². The highest BCUT2D eigenvalue weighted by Crippen LogP contribution is 2.25. The lowest BCUT2D eigenvalue weighted by atomic mass is 10.2. The van der Waals surface area contributed by atoms with Gasteiger partial charge in [0.15, 0.2) is 0 Å². The van der Waals surface area contributed by atoms with Gasteiger partial charge in [0.25, 0.3) is 5.91 Å². The lowest BCUT2D eigenvalue weighted by molar-refractivity contribution is 0.0946. The number of benzene rings is 2. The molecule has 138 valence electrons. The first-order valence-electron chi connectivity index (χ1n) is 8.34. The second kappa shape index (κ2) is 8.51. The number of anilines is 2. The van der Waals surface area contributed by atoms with Gasteiger partial charge >= 0.3 is 0 Å². The van der Waals surface area contributed by atoms with Gasteiger partial charge in [0.2, 0.25) is 5.95 Å². The van der Waals surface area contributed by atoms with Crippen LogP contribution in [0.25, 0.3) is 0 Å². The molecule has 0 saturated heterocycles. The van der Waals surface area contributed by atoms with E-state index in [1.54, 1.807) is 26.2 Å². The van der Waals surface area contributed by atoms with Crippen molar-refractivity contribution in [2.24, 2.45) is 0 Å². The Kier molecular flexibility index (Phi) is 5.88. The van der Waals surface area contributed by atoms with Gasteiger partial charge in [-0.05, 0) is 36.8 Å². The average molecular weight is 383 g/mol. The van der Waals surface area contributed by atoms with Gasteiger partial charge in [-0.3, -0.25) is 4.79 Å². The van der Waals surface area contributed by atoms with Gasteiger partial charge in [0.05, 0.1) is 12.8 Å². The maximum Gasteiger partial charge on any atom is 0.270 e. The van der Waals surface area contributed by atoms with Crippen LogP contribution in [0.1, 0.15) is 21.7 Å². The van der Waals surface area contributed by atoms with Crippen LogP contribution in [0.2, 0.25) is 5.02 Å². The van der Waals surface area contributed by atoms with Crippen molar-refractivity contribution in [1.82, 2.24) is 15.3 Å². The topological polar surface area (TPSA) is 76.1 Å². The van der Waals surface area contributed by atoms with Crippen LogP contribution in [0.3, 0.4) is 0 Å². The van der Waals surface area contributed by atoms with Crippen molar-refractivity contribution >= 4 is 29.1 Å². The Morgan fingerprint density at radius 2 is 1.85 bits per heavy atom. The fraction of sp³-hybridized carbons (Fsp3) is 0.150. The number of nitrogens with zero attached hydrogens (tertiary/aromatic N) is 2. The van der Waals surface area contributed by atoms with Crippen LogP contribution in [0.4, 0.5) is 11.6 Å². The first-order chi connectivity index (χ1) is 13.1. The summed E-state index contributed by atoms with van der Waals surface area (Å²) < 4.78 is 5.31. The van der Waals surface area contributed by atoms with E-state index in [1.165, 1.54) is 0 Å². The van der Waals surface area contributed by atoms with Crippen LogP contribution >= 0.6 is 11.6 Å². The molecule has 1 heterocycles. The fourth-order valence-corrected chi connectivity index (χ4v) is 2.72. The number of ether oxygens (including phenoxy) is 1. The third kappa shape index (κ3) is 4.74. The molecule has 1 aromatic heterocycles. The van der Waals surface area contributed by atoms with Crippen molar-refractivity contribution in [2.45, 2.75) is 13.5 Å². The van der Waals surface area contributed by atoms with Gasteiger partial charge in [-0.2, -0.15) is 0 Å². The number of carbonyl (C=O) groups is 1. The molecular formula is C20H19ClN4O2. The lowest BCUT2D eigenvalue weighted by Crippen LogP contribution is -2.24. The first kappa shape index (κ1) is 18.7. The van der Waals surface area contributed by atoms with Crippen LogP contribution in [0.15, 0.2) is 54.6 Å². The van der Waals surface area contributed by atoms with E-state index in [9.17, 15) is 4.79 Å². The highest BCUT2D eigenvalue weighted by atomic mass is 35.5. The maximum absolute atomic E-state index is 12.5. The minimum absolute atomic E-state index is 0.270. The smallest absolute Gasteiger partial charge is 0.270 e. The number of hydrogen-bond acceptors (Lipinski definition) is 5. The molecule has 1 amide bonds. The van der Waals surface area contributed by atoms with Crippen LogP contribution in [0, 0.1) is 6.92 Å². The van der Waals surface area contributed by atoms with Crippen molar-refractivity contribution in [3.05, 3.63) is 76.6 Å². The molecule has 2 N–H and O–H groups in total. The van der Waals surface area contributed by atoms with Gasteiger partial charge in [0, 0.05) is 17.3 Å². The molecule has 0 unspecified atom stereocenters. The van der Waals surface area contributed by atoms with E-state index in [4.69, 9.17) is 16.3 Å². The summed E-state index contributed by atoms with van der Waals surface area (Å²) in [6.07, 6.45) is 0. The van der Waals surface area contributed by atoms with Crippen LogP contribution < -0.4 is 15.4 Å². The number of rotatable bonds is 6. The normalized spacial score (nSPS) is 10.3. The number of halogens is 1. The van der Waals surface area contributed by atoms with E-state index in [-0.39, 0.29) is 11.6 Å². The molecule has 0 saturated carbocycles. The van der Waals surface area contributed by atoms with Gasteiger partial charge in [0.1, 0.15) is 11.4 Å². The Morgan fingerprint density at radius 1 is 1.11 bits per heavy atom. The third-order valence-corrected chi connectivity index (χ3v) is 4.21. The average Bonchev–Trinajstić information content (AvgIpc) is 2.67. The van der Waals surface area contributed by atoms with Crippen molar-refractivity contribution in [2.75, 3.05) is 12.4 Å². The van der Waals surface area contributed by atoms with E-state index in [0.717, 1.165) is 5.56 Å². The number of methoxy groups -OCH3 is 1. The highest BCUT2D eigenvalue weighted by molar-refractivity contribution is 6.31. The molecule has 2 aromatic carbocycles. The molecule has 0 radical (unpaired) electrons. The molecule has 3 aromatic rings. The van der Waals surface area contributed by atoms with E-state index in [2.05, 4.69) is 20.6 Å². The number of amides is 1. The number of aromatic nitrogens is 2. The summed E-state index contributed by atoms with van der Waals surface area (Å²) in [4.78, 5) is 21.2. The summed E-state index contributed by atoms with van der Waals surface area (Å²) in [5.74, 6) is 0.679. The summed E-state index contributed by atoms with van der Waals surface area (Å²) in [5, 5.41) is 6.53. The van der Waals surface area contributed by atoms with Crippen LogP contribution in [-0.4, -0.2) is 23.0 Å². The molecule has 0 aliphatic rings.